The molecule has 4 aromatic rings. The van der Waals surface area contributed by atoms with Crippen LogP contribution >= 0.6 is 11.3 Å². The first kappa shape index (κ1) is 28.6. The first-order chi connectivity index (χ1) is 19.5. The van der Waals surface area contributed by atoms with Crippen LogP contribution in [0, 0.1) is 17.1 Å². The number of benzene rings is 1. The van der Waals surface area contributed by atoms with Crippen LogP contribution in [0.25, 0.3) is 11.0 Å². The number of anilines is 1. The van der Waals surface area contributed by atoms with E-state index in [4.69, 9.17) is 0 Å². The number of thiazole rings is 1. The molecule has 1 aliphatic heterocycles. The van der Waals surface area contributed by atoms with Gasteiger partial charge >= 0.3 is 11.9 Å². The predicted octanol–water partition coefficient (Wildman–Crippen LogP) is 5.28. The summed E-state index contributed by atoms with van der Waals surface area (Å²) in [5.41, 5.74) is 1.57. The van der Waals surface area contributed by atoms with E-state index in [1.54, 1.807) is 31.3 Å². The lowest BCUT2D eigenvalue weighted by Crippen LogP contribution is -2.59. The van der Waals surface area contributed by atoms with Gasteiger partial charge in [-0.2, -0.15) is 23.4 Å². The Balaban J connectivity index is 1.61. The van der Waals surface area contributed by atoms with Gasteiger partial charge in [-0.15, -0.1) is 11.3 Å². The number of aromatic nitrogens is 4. The molecule has 1 aromatic carbocycles. The molecular formula is C28H27F4N7OS. The lowest BCUT2D eigenvalue weighted by molar-refractivity contribution is -0.137. The van der Waals surface area contributed by atoms with E-state index >= 15 is 0 Å². The van der Waals surface area contributed by atoms with Gasteiger partial charge in [0.2, 0.25) is 0 Å². The number of pyridine rings is 1. The second kappa shape index (κ2) is 11.2. The molecule has 1 saturated heterocycles. The molecule has 2 unspecified atom stereocenters. The Morgan fingerprint density at radius 1 is 1.05 bits per heavy atom. The van der Waals surface area contributed by atoms with E-state index in [-0.39, 0.29) is 23.5 Å². The third-order valence-electron chi connectivity index (χ3n) is 7.57. The molecular weight excluding hydrogens is 558 g/mol. The van der Waals surface area contributed by atoms with E-state index < -0.39 is 28.7 Å². The minimum Gasteiger partial charge on any atom is -0.349 e. The molecule has 0 bridgehead atoms. The van der Waals surface area contributed by atoms with Gasteiger partial charge in [0, 0.05) is 37.6 Å². The van der Waals surface area contributed by atoms with Gasteiger partial charge in [0.15, 0.2) is 10.8 Å². The molecule has 41 heavy (non-hydrogen) atoms. The minimum absolute atomic E-state index is 0.191. The highest BCUT2D eigenvalue weighted by atomic mass is 32.1. The second-order valence-electron chi connectivity index (χ2n) is 9.96. The number of aryl methyl sites for hydroxylation is 1. The fourth-order valence-corrected chi connectivity index (χ4v) is 6.16. The van der Waals surface area contributed by atoms with Crippen molar-refractivity contribution < 1.29 is 17.6 Å². The first-order valence-electron chi connectivity index (χ1n) is 13.1. The highest BCUT2D eigenvalue weighted by Gasteiger charge is 2.41. The summed E-state index contributed by atoms with van der Waals surface area (Å²) in [6.07, 6.45) is -3.32. The zero-order chi connectivity index (χ0) is 29.5. The number of halogens is 4. The average Bonchev–Trinajstić information content (AvgIpc) is 3.46. The Morgan fingerprint density at radius 2 is 1.76 bits per heavy atom. The topological polar surface area (TPSA) is 90.9 Å². The molecule has 1 aliphatic rings. The molecule has 4 heterocycles. The van der Waals surface area contributed by atoms with Gasteiger partial charge < -0.3 is 4.90 Å². The Hall–Kier alpha value is -3.89. The highest BCUT2D eigenvalue weighted by molar-refractivity contribution is 7.09. The number of piperazine rings is 1. The molecule has 214 valence electrons. The van der Waals surface area contributed by atoms with Crippen molar-refractivity contribution in [2.45, 2.75) is 51.0 Å². The maximum Gasteiger partial charge on any atom is 0.443 e. The maximum absolute atomic E-state index is 13.9. The van der Waals surface area contributed by atoms with E-state index in [0.29, 0.717) is 59.7 Å². The van der Waals surface area contributed by atoms with Gasteiger partial charge in [-0.1, -0.05) is 26.0 Å². The van der Waals surface area contributed by atoms with Gasteiger partial charge in [-0.05, 0) is 42.7 Å². The third kappa shape index (κ3) is 5.41. The van der Waals surface area contributed by atoms with Crippen molar-refractivity contribution in [3.8, 4) is 6.07 Å². The molecule has 1 fully saturated rings. The summed E-state index contributed by atoms with van der Waals surface area (Å²) in [5, 5.41) is 9.94. The number of nitriles is 1. The van der Waals surface area contributed by atoms with E-state index in [0.717, 1.165) is 0 Å². The van der Waals surface area contributed by atoms with Gasteiger partial charge in [0.1, 0.15) is 23.1 Å². The van der Waals surface area contributed by atoms with Crippen LogP contribution in [0.2, 0.25) is 0 Å². The molecule has 0 spiro atoms. The number of alkyl halides is 3. The number of fused-ring (bicyclic) bond motifs is 1. The number of rotatable bonds is 6. The van der Waals surface area contributed by atoms with Crippen molar-refractivity contribution in [3.05, 3.63) is 80.0 Å². The minimum atomic E-state index is -4.58. The largest absolute Gasteiger partial charge is 0.443 e. The average molecular weight is 586 g/mol. The van der Waals surface area contributed by atoms with E-state index in [9.17, 15) is 27.6 Å². The van der Waals surface area contributed by atoms with Crippen LogP contribution in [-0.4, -0.2) is 49.6 Å². The van der Waals surface area contributed by atoms with Gasteiger partial charge in [0.25, 0.3) is 0 Å². The molecule has 8 nitrogen and oxygen atoms in total. The fourth-order valence-electron chi connectivity index (χ4n) is 5.45. The smallest absolute Gasteiger partial charge is 0.349 e. The number of nitrogens with zero attached hydrogens (tertiary/aromatic N) is 7. The SMILES string of the molecule is CCC1CN(C(c2ccc(F)cc2)c2csc(C(F)(F)F)n2)[C@H](CC)CN1c1nc(=O)n(C)c2ccc(C#N)nc12. The summed E-state index contributed by atoms with van der Waals surface area (Å²) in [6, 6.07) is 9.96. The fraction of sp³-hybridized carbons (Fsp3) is 0.393. The Labute approximate surface area is 237 Å². The predicted molar refractivity (Wildman–Crippen MR) is 147 cm³/mol. The van der Waals surface area contributed by atoms with Gasteiger partial charge in [0.05, 0.1) is 17.3 Å². The quantitative estimate of drug-likeness (QED) is 0.284. The highest BCUT2D eigenvalue weighted by Crippen LogP contribution is 2.39. The summed E-state index contributed by atoms with van der Waals surface area (Å²) >= 11 is 0.538. The standard InChI is InChI=1S/C28H27F4N7OS/c1-4-19-14-39(25-23-22(37(3)27(40)36-25)11-10-18(12-33)34-23)20(5-2)13-38(19)24(16-6-8-17(29)9-7-16)21-15-41-26(35-21)28(30,31)32/h6-11,15,19-20,24H,4-5,13-14H2,1-3H3/t19-,20?,24?/m1/s1. The van der Waals surface area contributed by atoms with Crippen molar-refractivity contribution in [2.24, 2.45) is 7.05 Å². The van der Waals surface area contributed by atoms with Crippen LogP contribution in [0.4, 0.5) is 23.4 Å². The second-order valence-corrected chi connectivity index (χ2v) is 10.8. The van der Waals surface area contributed by atoms with Crippen LogP contribution in [-0.2, 0) is 13.2 Å². The summed E-state index contributed by atoms with van der Waals surface area (Å²) in [5.74, 6) is -0.0746. The summed E-state index contributed by atoms with van der Waals surface area (Å²) in [4.78, 5) is 29.8. The Kier molecular flexibility index (Phi) is 7.80. The van der Waals surface area contributed by atoms with Crippen LogP contribution in [0.15, 0.2) is 46.6 Å². The zero-order valence-corrected chi connectivity index (χ0v) is 23.4. The lowest BCUT2D eigenvalue weighted by Gasteiger charge is -2.49. The zero-order valence-electron chi connectivity index (χ0n) is 22.6. The van der Waals surface area contributed by atoms with Crippen LogP contribution in [0.5, 0.6) is 0 Å². The van der Waals surface area contributed by atoms with Crippen molar-refractivity contribution in [2.75, 3.05) is 18.0 Å². The molecule has 13 heteroatoms. The summed E-state index contributed by atoms with van der Waals surface area (Å²) in [7, 11) is 1.59. The van der Waals surface area contributed by atoms with Gasteiger partial charge in [-0.3, -0.25) is 9.47 Å². The van der Waals surface area contributed by atoms with Crippen LogP contribution in [0.3, 0.4) is 0 Å². The monoisotopic (exact) mass is 585 g/mol. The number of hydrogen-bond acceptors (Lipinski definition) is 8. The molecule has 3 atom stereocenters. The van der Waals surface area contributed by atoms with Crippen LogP contribution < -0.4 is 10.6 Å². The Morgan fingerprint density at radius 3 is 2.37 bits per heavy atom. The summed E-state index contributed by atoms with van der Waals surface area (Å²) < 4.78 is 55.8. The molecule has 0 aliphatic carbocycles. The normalized spacial score (nSPS) is 18.9. The van der Waals surface area contributed by atoms with Gasteiger partial charge in [-0.25, -0.2) is 19.2 Å². The molecule has 0 radical (unpaired) electrons. The van der Waals surface area contributed by atoms with Crippen molar-refractivity contribution in [3.63, 3.8) is 0 Å². The number of hydrogen-bond donors (Lipinski definition) is 0. The molecule has 0 saturated carbocycles. The summed E-state index contributed by atoms with van der Waals surface area (Å²) in [6.45, 7) is 4.77. The van der Waals surface area contributed by atoms with E-state index in [1.807, 2.05) is 24.8 Å². The van der Waals surface area contributed by atoms with E-state index in [2.05, 4.69) is 19.9 Å². The van der Waals surface area contributed by atoms with Crippen molar-refractivity contribution in [1.82, 2.24) is 24.4 Å². The van der Waals surface area contributed by atoms with Crippen LogP contribution in [0.1, 0.15) is 54.7 Å². The Bertz CT molecular complexity index is 1660. The lowest BCUT2D eigenvalue weighted by atomic mass is 9.94. The molecule has 5 rings (SSSR count). The van der Waals surface area contributed by atoms with Crippen molar-refractivity contribution in [1.29, 1.82) is 5.26 Å². The third-order valence-corrected chi connectivity index (χ3v) is 8.47. The molecule has 0 N–H and O–H groups in total. The molecule has 3 aromatic heterocycles. The van der Waals surface area contributed by atoms with E-state index in [1.165, 1.54) is 22.1 Å². The molecule has 0 amide bonds. The van der Waals surface area contributed by atoms with Crippen molar-refractivity contribution >= 4 is 28.2 Å². The maximum atomic E-state index is 13.9. The first-order valence-corrected chi connectivity index (χ1v) is 14.0.